The normalized spacial score (nSPS) is 22.9. The van der Waals surface area contributed by atoms with Crippen LogP contribution in [0.2, 0.25) is 0 Å². The summed E-state index contributed by atoms with van der Waals surface area (Å²) in [4.78, 5) is 17.8. The van der Waals surface area contributed by atoms with Gasteiger partial charge in [0.15, 0.2) is 11.5 Å². The van der Waals surface area contributed by atoms with Gasteiger partial charge < -0.3 is 19.7 Å². The van der Waals surface area contributed by atoms with Crippen LogP contribution in [-0.2, 0) is 4.74 Å². The second-order valence-electron chi connectivity index (χ2n) is 5.36. The fourth-order valence-electron chi connectivity index (χ4n) is 2.54. The van der Waals surface area contributed by atoms with E-state index in [4.69, 9.17) is 4.74 Å². The van der Waals surface area contributed by atoms with Crippen molar-refractivity contribution < 1.29 is 9.84 Å². The van der Waals surface area contributed by atoms with Gasteiger partial charge in [-0.1, -0.05) is 0 Å². The van der Waals surface area contributed by atoms with E-state index in [1.54, 1.807) is 6.33 Å². The summed E-state index contributed by atoms with van der Waals surface area (Å²) in [6.45, 7) is 5.32. The summed E-state index contributed by atoms with van der Waals surface area (Å²) < 4.78 is 5.81. The number of aromatic amines is 1. The number of hydrogen-bond acceptors (Lipinski definition) is 6. The van der Waals surface area contributed by atoms with Crippen LogP contribution >= 0.6 is 0 Å². The largest absolute Gasteiger partial charge is 0.394 e. The maximum Gasteiger partial charge on any atom is 0.182 e. The van der Waals surface area contributed by atoms with Crippen LogP contribution < -0.4 is 4.90 Å². The third-order valence-electron chi connectivity index (χ3n) is 3.19. The van der Waals surface area contributed by atoms with Crippen LogP contribution in [0, 0.1) is 0 Å². The number of fused-ring (bicyclic) bond motifs is 1. The monoisotopic (exact) mass is 263 g/mol. The van der Waals surface area contributed by atoms with Crippen LogP contribution in [0.25, 0.3) is 11.2 Å². The molecule has 1 atom stereocenters. The summed E-state index contributed by atoms with van der Waals surface area (Å²) in [7, 11) is 0. The van der Waals surface area contributed by atoms with Crippen molar-refractivity contribution in [1.29, 1.82) is 0 Å². The van der Waals surface area contributed by atoms with E-state index < -0.39 is 0 Å². The van der Waals surface area contributed by atoms with Crippen LogP contribution in [0.5, 0.6) is 0 Å². The number of hydrogen-bond donors (Lipinski definition) is 2. The van der Waals surface area contributed by atoms with Crippen LogP contribution in [0.3, 0.4) is 0 Å². The summed E-state index contributed by atoms with van der Waals surface area (Å²) in [6, 6.07) is 0. The molecule has 0 aromatic carbocycles. The van der Waals surface area contributed by atoms with Gasteiger partial charge in [0.2, 0.25) is 0 Å². The molecule has 0 amide bonds. The zero-order valence-corrected chi connectivity index (χ0v) is 11.0. The number of anilines is 1. The first-order chi connectivity index (χ1) is 9.09. The minimum Gasteiger partial charge on any atom is -0.394 e. The predicted octanol–water partition coefficient (Wildman–Crippen LogP) is 0.329. The number of aromatic nitrogens is 4. The van der Waals surface area contributed by atoms with Crippen molar-refractivity contribution in [1.82, 2.24) is 19.9 Å². The summed E-state index contributed by atoms with van der Waals surface area (Å²) in [5, 5.41) is 9.36. The summed E-state index contributed by atoms with van der Waals surface area (Å²) in [5.41, 5.74) is 1.13. The third kappa shape index (κ3) is 2.26. The van der Waals surface area contributed by atoms with E-state index in [0.717, 1.165) is 11.3 Å². The van der Waals surface area contributed by atoms with Gasteiger partial charge in [-0.05, 0) is 13.8 Å². The molecule has 2 N–H and O–H groups in total. The Morgan fingerprint density at radius 1 is 1.47 bits per heavy atom. The molecule has 19 heavy (non-hydrogen) atoms. The van der Waals surface area contributed by atoms with Crippen molar-refractivity contribution in [3.63, 3.8) is 0 Å². The Kier molecular flexibility index (Phi) is 2.87. The van der Waals surface area contributed by atoms with Crippen molar-refractivity contribution in [3.05, 3.63) is 12.7 Å². The molecule has 1 aliphatic rings. The molecule has 0 aliphatic carbocycles. The number of nitrogens with zero attached hydrogens (tertiary/aromatic N) is 4. The van der Waals surface area contributed by atoms with Crippen LogP contribution in [0.15, 0.2) is 12.7 Å². The molecule has 102 valence electrons. The Balaban J connectivity index is 1.98. The predicted molar refractivity (Wildman–Crippen MR) is 69.9 cm³/mol. The highest BCUT2D eigenvalue weighted by Gasteiger charge is 2.34. The molecule has 2 aromatic rings. The molecule has 3 heterocycles. The van der Waals surface area contributed by atoms with Crippen LogP contribution in [0.4, 0.5) is 5.82 Å². The number of aliphatic hydroxyl groups excluding tert-OH is 1. The Morgan fingerprint density at radius 3 is 3.11 bits per heavy atom. The number of aliphatic hydroxyl groups is 1. The molecular formula is C12H17N5O2. The number of nitrogens with one attached hydrogen (secondary N) is 1. The lowest BCUT2D eigenvalue weighted by atomic mass is 10.1. The average molecular weight is 263 g/mol. The zero-order valence-electron chi connectivity index (χ0n) is 11.0. The maximum atomic E-state index is 9.36. The Morgan fingerprint density at radius 2 is 2.32 bits per heavy atom. The third-order valence-corrected chi connectivity index (χ3v) is 3.19. The molecule has 1 fully saturated rings. The topological polar surface area (TPSA) is 87.2 Å². The molecule has 1 aliphatic heterocycles. The maximum absolute atomic E-state index is 9.36. The first-order valence-electron chi connectivity index (χ1n) is 6.27. The molecular weight excluding hydrogens is 246 g/mol. The van der Waals surface area contributed by atoms with Crippen molar-refractivity contribution in [3.8, 4) is 0 Å². The van der Waals surface area contributed by atoms with Crippen LogP contribution in [0.1, 0.15) is 13.8 Å². The minimum atomic E-state index is -0.330. The Bertz CT molecular complexity index is 582. The highest BCUT2D eigenvalue weighted by molar-refractivity contribution is 5.82. The van der Waals surface area contributed by atoms with E-state index in [2.05, 4.69) is 24.8 Å². The fraction of sp³-hybridized carbons (Fsp3) is 0.583. The van der Waals surface area contributed by atoms with Crippen molar-refractivity contribution in [2.45, 2.75) is 25.6 Å². The standard InChI is InChI=1S/C12H17N5O2/c1-12(2)5-17(3-8(4-18)19-12)11-9-10(14-6-13-9)15-7-16-11/h6-8,18H,3-5H2,1-2H3,(H,13,14,15,16). The Hall–Kier alpha value is -1.73. The number of morpholine rings is 1. The van der Waals surface area contributed by atoms with E-state index in [0.29, 0.717) is 18.7 Å². The van der Waals surface area contributed by atoms with Crippen molar-refractivity contribution in [2.24, 2.45) is 0 Å². The number of rotatable bonds is 2. The van der Waals surface area contributed by atoms with E-state index >= 15 is 0 Å². The van der Waals surface area contributed by atoms with Gasteiger partial charge >= 0.3 is 0 Å². The number of ether oxygens (including phenoxy) is 1. The highest BCUT2D eigenvalue weighted by atomic mass is 16.5. The molecule has 3 rings (SSSR count). The quantitative estimate of drug-likeness (QED) is 0.812. The van der Waals surface area contributed by atoms with E-state index in [9.17, 15) is 5.11 Å². The van der Waals surface area contributed by atoms with Gasteiger partial charge in [-0.25, -0.2) is 15.0 Å². The summed E-state index contributed by atoms with van der Waals surface area (Å²) in [6.07, 6.45) is 2.91. The second kappa shape index (κ2) is 4.43. The van der Waals surface area contributed by atoms with Crippen LogP contribution in [-0.4, -0.2) is 56.4 Å². The number of imidazole rings is 1. The number of H-pyrrole nitrogens is 1. The highest BCUT2D eigenvalue weighted by Crippen LogP contribution is 2.27. The molecule has 0 saturated carbocycles. The van der Waals surface area contributed by atoms with E-state index in [1.165, 1.54) is 6.33 Å². The van der Waals surface area contributed by atoms with Gasteiger partial charge in [0.05, 0.1) is 24.6 Å². The molecule has 0 spiro atoms. The molecule has 0 bridgehead atoms. The van der Waals surface area contributed by atoms with E-state index in [1.807, 2.05) is 13.8 Å². The summed E-state index contributed by atoms with van der Waals surface area (Å²) in [5.74, 6) is 0.803. The molecule has 0 radical (unpaired) electrons. The van der Waals surface area contributed by atoms with E-state index in [-0.39, 0.29) is 18.3 Å². The molecule has 1 saturated heterocycles. The van der Waals surface area contributed by atoms with Gasteiger partial charge in [0, 0.05) is 13.1 Å². The lowest BCUT2D eigenvalue weighted by molar-refractivity contribution is -0.101. The lowest BCUT2D eigenvalue weighted by Crippen LogP contribution is -2.54. The molecule has 7 nitrogen and oxygen atoms in total. The van der Waals surface area contributed by atoms with Crippen molar-refractivity contribution in [2.75, 3.05) is 24.6 Å². The molecule has 2 aromatic heterocycles. The Labute approximate surface area is 110 Å². The molecule has 1 unspecified atom stereocenters. The average Bonchev–Trinajstić information content (AvgIpc) is 2.84. The lowest BCUT2D eigenvalue weighted by Gasteiger charge is -2.42. The van der Waals surface area contributed by atoms with Gasteiger partial charge in [0.1, 0.15) is 11.8 Å². The summed E-state index contributed by atoms with van der Waals surface area (Å²) >= 11 is 0. The van der Waals surface area contributed by atoms with Crippen molar-refractivity contribution >= 4 is 17.0 Å². The molecule has 7 heteroatoms. The fourth-order valence-corrected chi connectivity index (χ4v) is 2.54. The van der Waals surface area contributed by atoms with Gasteiger partial charge in [0.25, 0.3) is 0 Å². The van der Waals surface area contributed by atoms with Gasteiger partial charge in [-0.15, -0.1) is 0 Å². The van der Waals surface area contributed by atoms with Gasteiger partial charge in [-0.2, -0.15) is 0 Å². The zero-order chi connectivity index (χ0) is 13.5. The van der Waals surface area contributed by atoms with Gasteiger partial charge in [-0.3, -0.25) is 0 Å². The SMILES string of the molecule is CC1(C)CN(c2ncnc3nc[nH]c23)CC(CO)O1. The second-order valence-corrected chi connectivity index (χ2v) is 5.36. The first-order valence-corrected chi connectivity index (χ1v) is 6.27. The first kappa shape index (κ1) is 12.3. The minimum absolute atomic E-state index is 0.00284. The smallest absolute Gasteiger partial charge is 0.182 e.